The van der Waals surface area contributed by atoms with Gasteiger partial charge < -0.3 is 18.9 Å². The Morgan fingerprint density at radius 2 is 2.11 bits per heavy atom. The minimum atomic E-state index is -0.529. The summed E-state index contributed by atoms with van der Waals surface area (Å²) in [4.78, 5) is 24.9. The van der Waals surface area contributed by atoms with Crippen molar-refractivity contribution in [2.45, 2.75) is 25.9 Å². The number of allylic oxidation sites excluding steroid dienone is 1. The van der Waals surface area contributed by atoms with Gasteiger partial charge in [-0.25, -0.2) is 4.79 Å². The van der Waals surface area contributed by atoms with Crippen LogP contribution in [0.3, 0.4) is 0 Å². The fourth-order valence-corrected chi connectivity index (χ4v) is 3.30. The number of methoxy groups -OCH3 is 1. The number of carbonyl (C=O) groups is 2. The van der Waals surface area contributed by atoms with Gasteiger partial charge in [0, 0.05) is 12.2 Å². The molecule has 1 fully saturated rings. The predicted molar refractivity (Wildman–Crippen MR) is 102 cm³/mol. The van der Waals surface area contributed by atoms with Gasteiger partial charge in [-0.05, 0) is 55.7 Å². The molecule has 4 rings (SSSR count). The lowest BCUT2D eigenvalue weighted by Crippen LogP contribution is -2.25. The Balaban J connectivity index is 1.59. The van der Waals surface area contributed by atoms with E-state index in [4.69, 9.17) is 18.9 Å². The maximum absolute atomic E-state index is 12.7. The van der Waals surface area contributed by atoms with Gasteiger partial charge in [-0.2, -0.15) is 0 Å². The van der Waals surface area contributed by atoms with Gasteiger partial charge >= 0.3 is 5.97 Å². The lowest BCUT2D eigenvalue weighted by Gasteiger charge is -2.12. The van der Waals surface area contributed by atoms with Crippen LogP contribution in [0, 0.1) is 6.92 Å². The summed E-state index contributed by atoms with van der Waals surface area (Å²) < 4.78 is 21.9. The first kappa shape index (κ1) is 18.3. The third kappa shape index (κ3) is 3.39. The summed E-state index contributed by atoms with van der Waals surface area (Å²) >= 11 is 0. The molecule has 2 aromatic carbocycles. The van der Waals surface area contributed by atoms with E-state index in [1.165, 1.54) is 0 Å². The number of esters is 1. The van der Waals surface area contributed by atoms with Gasteiger partial charge in [0.25, 0.3) is 0 Å². The molecule has 6 heteroatoms. The third-order valence-electron chi connectivity index (χ3n) is 4.83. The van der Waals surface area contributed by atoms with Crippen LogP contribution in [0.25, 0.3) is 6.08 Å². The van der Waals surface area contributed by atoms with E-state index >= 15 is 0 Å². The van der Waals surface area contributed by atoms with E-state index in [-0.39, 0.29) is 11.5 Å². The molecule has 1 saturated heterocycles. The van der Waals surface area contributed by atoms with Crippen LogP contribution < -0.4 is 14.2 Å². The van der Waals surface area contributed by atoms with E-state index < -0.39 is 12.1 Å². The van der Waals surface area contributed by atoms with E-state index in [1.807, 2.05) is 24.3 Å². The van der Waals surface area contributed by atoms with Crippen molar-refractivity contribution in [2.75, 3.05) is 13.7 Å². The Morgan fingerprint density at radius 3 is 2.86 bits per heavy atom. The molecule has 0 amide bonds. The van der Waals surface area contributed by atoms with Crippen LogP contribution in [0.1, 0.15) is 34.3 Å². The predicted octanol–water partition coefficient (Wildman–Crippen LogP) is 3.70. The smallest absolute Gasteiger partial charge is 0.340 e. The van der Waals surface area contributed by atoms with Gasteiger partial charge in [0.05, 0.1) is 12.7 Å². The maximum Gasteiger partial charge on any atom is 0.340 e. The van der Waals surface area contributed by atoms with E-state index in [0.29, 0.717) is 41.4 Å². The topological polar surface area (TPSA) is 71.1 Å². The average Bonchev–Trinajstić information content (AvgIpc) is 3.34. The molecule has 2 aliphatic heterocycles. The fourth-order valence-electron chi connectivity index (χ4n) is 3.30. The van der Waals surface area contributed by atoms with E-state index in [0.717, 1.165) is 12.0 Å². The van der Waals surface area contributed by atoms with Crippen LogP contribution in [-0.4, -0.2) is 31.6 Å². The summed E-state index contributed by atoms with van der Waals surface area (Å²) in [5.41, 5.74) is 1.84. The van der Waals surface area contributed by atoms with E-state index in [9.17, 15) is 9.59 Å². The Kier molecular flexibility index (Phi) is 4.88. The Hall–Kier alpha value is -3.12. The Bertz CT molecular complexity index is 969. The van der Waals surface area contributed by atoms with Crippen molar-refractivity contribution in [3.63, 3.8) is 0 Å². The number of carbonyl (C=O) groups excluding carboxylic acids is 2. The zero-order valence-electron chi connectivity index (χ0n) is 15.7. The molecule has 2 aliphatic rings. The van der Waals surface area contributed by atoms with Crippen molar-refractivity contribution in [1.29, 1.82) is 0 Å². The van der Waals surface area contributed by atoms with Gasteiger partial charge in [0.15, 0.2) is 11.9 Å². The zero-order valence-corrected chi connectivity index (χ0v) is 15.7. The highest BCUT2D eigenvalue weighted by atomic mass is 16.6. The number of benzene rings is 2. The summed E-state index contributed by atoms with van der Waals surface area (Å²) in [6.45, 7) is 2.33. The van der Waals surface area contributed by atoms with Gasteiger partial charge in [0.2, 0.25) is 5.78 Å². The molecule has 6 nitrogen and oxygen atoms in total. The normalized spacial score (nSPS) is 19.4. The number of fused-ring (bicyclic) bond motifs is 1. The average molecular weight is 380 g/mol. The first-order valence-corrected chi connectivity index (χ1v) is 9.12. The van der Waals surface area contributed by atoms with Crippen molar-refractivity contribution < 1.29 is 28.5 Å². The van der Waals surface area contributed by atoms with Crippen LogP contribution in [0.15, 0.2) is 42.2 Å². The van der Waals surface area contributed by atoms with Crippen LogP contribution in [0.2, 0.25) is 0 Å². The second-order valence-electron chi connectivity index (χ2n) is 6.70. The highest BCUT2D eigenvalue weighted by Crippen LogP contribution is 2.39. The first-order chi connectivity index (χ1) is 13.6. The molecule has 0 spiro atoms. The van der Waals surface area contributed by atoms with Crippen molar-refractivity contribution in [2.24, 2.45) is 0 Å². The standard InChI is InChI=1S/C22H20O6/c1-13-17(28-22(24)18-7-4-10-26-18)9-8-16-20(23)19(27-21(13)16)12-14-5-3-6-15(11-14)25-2/h3,5-6,8-9,11-12,18H,4,7,10H2,1-2H3/b19-12-. The summed E-state index contributed by atoms with van der Waals surface area (Å²) in [7, 11) is 1.59. The second-order valence-corrected chi connectivity index (χ2v) is 6.70. The number of hydrogen-bond donors (Lipinski definition) is 0. The van der Waals surface area contributed by atoms with Crippen LogP contribution in [0.5, 0.6) is 17.2 Å². The molecule has 1 unspecified atom stereocenters. The molecule has 1 atom stereocenters. The molecule has 0 aromatic heterocycles. The highest BCUT2D eigenvalue weighted by molar-refractivity contribution is 6.15. The van der Waals surface area contributed by atoms with Crippen LogP contribution in [-0.2, 0) is 9.53 Å². The molecule has 144 valence electrons. The zero-order chi connectivity index (χ0) is 19.7. The van der Waals surface area contributed by atoms with Gasteiger partial charge in [-0.3, -0.25) is 4.79 Å². The van der Waals surface area contributed by atoms with E-state index in [1.54, 1.807) is 32.2 Å². The van der Waals surface area contributed by atoms with Crippen molar-refractivity contribution >= 4 is 17.8 Å². The van der Waals surface area contributed by atoms with Crippen LogP contribution >= 0.6 is 0 Å². The molecule has 0 radical (unpaired) electrons. The molecule has 2 heterocycles. The monoisotopic (exact) mass is 380 g/mol. The van der Waals surface area contributed by atoms with E-state index in [2.05, 4.69) is 0 Å². The summed E-state index contributed by atoms with van der Waals surface area (Å²) in [6.07, 6.45) is 2.64. The quantitative estimate of drug-likeness (QED) is 0.458. The molecule has 0 saturated carbocycles. The second kappa shape index (κ2) is 7.48. The summed E-state index contributed by atoms with van der Waals surface area (Å²) in [5, 5.41) is 0. The number of ketones is 1. The van der Waals surface area contributed by atoms with Gasteiger partial charge in [0.1, 0.15) is 17.2 Å². The molecule has 28 heavy (non-hydrogen) atoms. The minimum absolute atomic E-state index is 0.210. The number of Topliss-reactive ketones (excluding diaryl/α,β-unsaturated/α-hetero) is 1. The molecule has 0 N–H and O–H groups in total. The molecular weight excluding hydrogens is 360 g/mol. The number of ether oxygens (including phenoxy) is 4. The van der Waals surface area contributed by atoms with Gasteiger partial charge in [-0.1, -0.05) is 12.1 Å². The summed E-state index contributed by atoms with van der Waals surface area (Å²) in [5.74, 6) is 1.06. The number of rotatable bonds is 4. The van der Waals surface area contributed by atoms with Crippen molar-refractivity contribution in [1.82, 2.24) is 0 Å². The Labute approximate surface area is 162 Å². The van der Waals surface area contributed by atoms with Crippen LogP contribution in [0.4, 0.5) is 0 Å². The lowest BCUT2D eigenvalue weighted by molar-refractivity contribution is -0.144. The lowest BCUT2D eigenvalue weighted by atomic mass is 10.1. The maximum atomic E-state index is 12.7. The third-order valence-corrected chi connectivity index (χ3v) is 4.83. The SMILES string of the molecule is COc1cccc(/C=C2\Oc3c(ccc(OC(=O)C4CCCO4)c3C)C2=O)c1. The fraction of sp³-hybridized carbons (Fsp3) is 0.273. The summed E-state index contributed by atoms with van der Waals surface area (Å²) in [6, 6.07) is 10.6. The van der Waals surface area contributed by atoms with Crippen molar-refractivity contribution in [3.05, 3.63) is 58.8 Å². The molecule has 0 aliphatic carbocycles. The molecule has 0 bridgehead atoms. The minimum Gasteiger partial charge on any atom is -0.497 e. The molecule has 2 aromatic rings. The largest absolute Gasteiger partial charge is 0.497 e. The molecular formula is C22H20O6. The van der Waals surface area contributed by atoms with Crippen molar-refractivity contribution in [3.8, 4) is 17.2 Å². The highest BCUT2D eigenvalue weighted by Gasteiger charge is 2.32. The Morgan fingerprint density at radius 1 is 1.25 bits per heavy atom. The first-order valence-electron chi connectivity index (χ1n) is 9.12. The van der Waals surface area contributed by atoms with Gasteiger partial charge in [-0.15, -0.1) is 0 Å². The number of hydrogen-bond acceptors (Lipinski definition) is 6.